The molecule has 5 aliphatic rings. The Labute approximate surface area is 222 Å². The van der Waals surface area contributed by atoms with Crippen molar-refractivity contribution in [3.05, 3.63) is 59.7 Å². The van der Waals surface area contributed by atoms with Crippen LogP contribution in [0.15, 0.2) is 48.5 Å². The summed E-state index contributed by atoms with van der Waals surface area (Å²) in [4.78, 5) is 24.2. The van der Waals surface area contributed by atoms with Crippen LogP contribution < -0.4 is 0 Å². The van der Waals surface area contributed by atoms with Crippen molar-refractivity contribution in [3.8, 4) is 11.1 Å². The van der Waals surface area contributed by atoms with Gasteiger partial charge in [0, 0.05) is 21.7 Å². The molecule has 4 nitrogen and oxygen atoms in total. The smallest absolute Gasteiger partial charge is 0.367 e. The molecule has 6 atom stereocenters. The number of benzene rings is 2. The van der Waals surface area contributed by atoms with E-state index >= 15 is 0 Å². The molecule has 0 aromatic heterocycles. The predicted octanol–water partition coefficient (Wildman–Crippen LogP) is 6.90. The number of rotatable bonds is 0. The van der Waals surface area contributed by atoms with Gasteiger partial charge in [-0.15, -0.1) is 0 Å². The summed E-state index contributed by atoms with van der Waals surface area (Å²) in [5, 5.41) is 0. The Morgan fingerprint density at radius 1 is 0.649 bits per heavy atom. The van der Waals surface area contributed by atoms with Crippen molar-refractivity contribution in [2.75, 3.05) is 0 Å². The number of hydrogen-bond donors (Lipinski definition) is 2. The zero-order valence-electron chi connectivity index (χ0n) is 23.2. The van der Waals surface area contributed by atoms with Crippen LogP contribution in [0.2, 0.25) is 0 Å². The first-order valence-electron chi connectivity index (χ1n) is 14.3. The van der Waals surface area contributed by atoms with Crippen molar-refractivity contribution in [2.24, 2.45) is 33.5 Å². The molecule has 0 saturated heterocycles. The molecule has 0 unspecified atom stereocenters. The van der Waals surface area contributed by atoms with Crippen LogP contribution in [-0.2, 0) is 20.1 Å². The minimum Gasteiger partial charge on any atom is -0.367 e. The molecule has 2 N–H and O–H groups in total. The van der Waals surface area contributed by atoms with Gasteiger partial charge in [0.05, 0.1) is 11.2 Å². The maximum absolute atomic E-state index is 12.1. The minimum atomic E-state index is -4.66. The Morgan fingerprint density at radius 3 is 1.38 bits per heavy atom. The topological polar surface area (TPSA) is 58.9 Å². The van der Waals surface area contributed by atoms with E-state index < -0.39 is 20.3 Å². The van der Waals surface area contributed by atoms with Crippen LogP contribution in [0.5, 0.6) is 0 Å². The summed E-state index contributed by atoms with van der Waals surface area (Å²) in [5.74, 6) is 0.911. The number of hydrogen-bond acceptors (Lipinski definition) is 4. The van der Waals surface area contributed by atoms with Crippen LogP contribution in [0, 0.1) is 33.5 Å². The van der Waals surface area contributed by atoms with Gasteiger partial charge in [-0.05, 0) is 72.6 Å². The van der Waals surface area contributed by atoms with E-state index in [1.807, 2.05) is 0 Å². The molecule has 4 aliphatic carbocycles. The lowest BCUT2D eigenvalue weighted by molar-refractivity contribution is -0.225. The van der Waals surface area contributed by atoms with Gasteiger partial charge in [-0.1, -0.05) is 90.1 Å². The Kier molecular flexibility index (Phi) is 4.62. The molecule has 5 heteroatoms. The summed E-state index contributed by atoms with van der Waals surface area (Å²) in [6, 6.07) is 17.3. The summed E-state index contributed by atoms with van der Waals surface area (Å²) >= 11 is 0. The Balaban J connectivity index is 1.60. The summed E-state index contributed by atoms with van der Waals surface area (Å²) in [6.45, 7) is 13.8. The van der Waals surface area contributed by atoms with Crippen molar-refractivity contribution in [3.63, 3.8) is 0 Å². The van der Waals surface area contributed by atoms with E-state index in [-0.39, 0.29) is 21.7 Å². The SMILES string of the molecule is CC1(C)[C@@H]2CC[C@@](C)(C2)[C@@]12O[Si](O)(O)O[C@@]1(c3ccccc3-c3ccccc32)C(C)(C)[C@@H]2CC[C@@]1(C)C2. The molecular weight excluding hydrogens is 476 g/mol. The van der Waals surface area contributed by atoms with Gasteiger partial charge in [-0.3, -0.25) is 0 Å². The first-order chi connectivity index (χ1) is 17.2. The van der Waals surface area contributed by atoms with Crippen LogP contribution in [0.3, 0.4) is 0 Å². The lowest BCUT2D eigenvalue weighted by atomic mass is 9.55. The van der Waals surface area contributed by atoms with Gasteiger partial charge in [0.25, 0.3) is 0 Å². The summed E-state index contributed by atoms with van der Waals surface area (Å²) in [5.41, 5.74) is 1.73. The molecule has 198 valence electrons. The monoisotopic (exact) mass is 518 g/mol. The first-order valence-corrected chi connectivity index (χ1v) is 16.0. The third-order valence-electron chi connectivity index (χ3n) is 12.5. The molecule has 4 bridgehead atoms. The van der Waals surface area contributed by atoms with Crippen LogP contribution in [0.4, 0.5) is 0 Å². The molecule has 2 spiro atoms. The van der Waals surface area contributed by atoms with Gasteiger partial charge in [0.15, 0.2) is 0 Å². The molecule has 2 aromatic carbocycles. The fourth-order valence-electron chi connectivity index (χ4n) is 10.9. The van der Waals surface area contributed by atoms with Crippen LogP contribution >= 0.6 is 0 Å². The van der Waals surface area contributed by atoms with E-state index in [1.165, 1.54) is 0 Å². The molecule has 0 radical (unpaired) electrons. The zero-order valence-corrected chi connectivity index (χ0v) is 24.2. The molecule has 37 heavy (non-hydrogen) atoms. The highest BCUT2D eigenvalue weighted by molar-refractivity contribution is 6.50. The Morgan fingerprint density at radius 2 is 1.03 bits per heavy atom. The molecular formula is C32H42O4Si. The maximum Gasteiger partial charge on any atom is 0.675 e. The standard InChI is InChI=1S/C32H42O4Si/c1-27(2)21-15-17-29(5,19-21)31(27)25-13-9-7-11-23(25)24-12-8-10-14-26(24)32(36-37(33,34)35-31)28(3,4)22-16-18-30(32,6)20-22/h7-14,21-22,33-34H,15-20H2,1-6H3/t21-,22-,29+,30+,31+,32+/m1/s1. The quantitative estimate of drug-likeness (QED) is 0.372. The van der Waals surface area contributed by atoms with Crippen molar-refractivity contribution < 1.29 is 18.4 Å². The summed E-state index contributed by atoms with van der Waals surface area (Å²) in [6.07, 6.45) is 6.37. The molecule has 0 amide bonds. The van der Waals surface area contributed by atoms with E-state index in [0.717, 1.165) is 60.8 Å². The average molecular weight is 519 g/mol. The molecule has 2 aromatic rings. The highest BCUT2D eigenvalue weighted by Crippen LogP contribution is 2.77. The number of fused-ring (bicyclic) bond motifs is 11. The van der Waals surface area contributed by atoms with E-state index in [1.54, 1.807) is 0 Å². The summed E-state index contributed by atoms with van der Waals surface area (Å²) in [7, 11) is -4.66. The molecule has 1 aliphatic heterocycles. The van der Waals surface area contributed by atoms with Crippen LogP contribution in [-0.4, -0.2) is 18.6 Å². The lowest BCUT2D eigenvalue weighted by Crippen LogP contribution is -2.65. The minimum absolute atomic E-state index is 0.217. The Hall–Kier alpha value is -1.50. The van der Waals surface area contributed by atoms with Gasteiger partial charge < -0.3 is 18.4 Å². The molecule has 7 rings (SSSR count). The predicted molar refractivity (Wildman–Crippen MR) is 146 cm³/mol. The highest BCUT2D eigenvalue weighted by Gasteiger charge is 2.77. The second kappa shape index (κ2) is 6.97. The van der Waals surface area contributed by atoms with Gasteiger partial charge in [0.2, 0.25) is 0 Å². The van der Waals surface area contributed by atoms with Gasteiger partial charge in [0.1, 0.15) is 0 Å². The molecule has 4 saturated carbocycles. The van der Waals surface area contributed by atoms with Crippen LogP contribution in [0.1, 0.15) is 91.2 Å². The van der Waals surface area contributed by atoms with Crippen molar-refractivity contribution in [1.82, 2.24) is 0 Å². The van der Waals surface area contributed by atoms with E-state index in [2.05, 4.69) is 90.1 Å². The van der Waals surface area contributed by atoms with Gasteiger partial charge >= 0.3 is 9.05 Å². The van der Waals surface area contributed by atoms with E-state index in [4.69, 9.17) is 8.85 Å². The maximum atomic E-state index is 12.1. The van der Waals surface area contributed by atoms with Crippen molar-refractivity contribution in [2.45, 2.75) is 91.3 Å². The summed E-state index contributed by atoms with van der Waals surface area (Å²) < 4.78 is 14.0. The van der Waals surface area contributed by atoms with Gasteiger partial charge in [-0.2, -0.15) is 0 Å². The van der Waals surface area contributed by atoms with Crippen molar-refractivity contribution >= 4 is 9.05 Å². The fraction of sp³-hybridized carbons (Fsp3) is 0.625. The Bertz CT molecular complexity index is 1190. The third-order valence-corrected chi connectivity index (χ3v) is 13.7. The largest absolute Gasteiger partial charge is 0.675 e. The second-order valence-electron chi connectivity index (χ2n) is 14.7. The third kappa shape index (κ3) is 2.59. The lowest BCUT2D eigenvalue weighted by Gasteiger charge is -2.58. The normalized spacial score (nSPS) is 43.9. The zero-order chi connectivity index (χ0) is 26.3. The van der Waals surface area contributed by atoms with E-state index in [0.29, 0.717) is 11.8 Å². The molecule has 4 fully saturated rings. The average Bonchev–Trinajstić information content (AvgIpc) is 3.52. The second-order valence-corrected chi connectivity index (χ2v) is 16.2. The van der Waals surface area contributed by atoms with Crippen LogP contribution in [0.25, 0.3) is 11.1 Å². The van der Waals surface area contributed by atoms with E-state index in [9.17, 15) is 9.59 Å². The molecule has 1 heterocycles. The fourth-order valence-corrected chi connectivity index (χ4v) is 13.0. The highest BCUT2D eigenvalue weighted by atomic mass is 28.4. The van der Waals surface area contributed by atoms with Gasteiger partial charge in [-0.25, -0.2) is 0 Å². The first kappa shape index (κ1) is 24.5. The van der Waals surface area contributed by atoms with Crippen molar-refractivity contribution in [1.29, 1.82) is 0 Å².